The van der Waals surface area contributed by atoms with E-state index >= 15 is 0 Å². The van der Waals surface area contributed by atoms with Gasteiger partial charge in [0.1, 0.15) is 5.02 Å². The Morgan fingerprint density at radius 3 is 1.79 bits per heavy atom. The third kappa shape index (κ3) is 1.68. The first-order valence-electron chi connectivity index (χ1n) is 3.32. The zero-order chi connectivity index (χ0) is 10.9. The zero-order valence-corrected chi connectivity index (χ0v) is 7.34. The van der Waals surface area contributed by atoms with E-state index in [2.05, 4.69) is 10.7 Å². The summed E-state index contributed by atoms with van der Waals surface area (Å²) in [6.07, 6.45) is 0. The molecule has 0 bridgehead atoms. The smallest absolute Gasteiger partial charge is 0.180 e. The highest BCUT2D eigenvalue weighted by atomic mass is 35.5. The molecule has 2 nitrogen and oxygen atoms in total. The average Bonchev–Trinajstić information content (AvgIpc) is 2.19. The molecule has 0 saturated heterocycles. The van der Waals surface area contributed by atoms with Crippen molar-refractivity contribution in [2.75, 3.05) is 0 Å². The highest BCUT2D eigenvalue weighted by Crippen LogP contribution is 2.27. The number of nitrogens with two attached hydrogens (primary N) is 1. The van der Waals surface area contributed by atoms with E-state index in [1.165, 1.54) is 0 Å². The minimum Gasteiger partial charge on any atom is -0.300 e. The predicted molar refractivity (Wildman–Crippen MR) is 40.3 cm³/mol. The molecule has 0 spiro atoms. The van der Waals surface area contributed by atoms with Crippen molar-refractivity contribution in [2.45, 2.75) is 6.61 Å². The maximum atomic E-state index is 12.9. The van der Waals surface area contributed by atoms with Crippen molar-refractivity contribution >= 4 is 11.6 Å². The average molecular weight is 230 g/mol. The topological polar surface area (TPSA) is 35.2 Å². The van der Waals surface area contributed by atoms with Crippen LogP contribution < -0.4 is 5.90 Å². The molecule has 78 valence electrons. The quantitative estimate of drug-likeness (QED) is 0.365. The van der Waals surface area contributed by atoms with Crippen molar-refractivity contribution < 1.29 is 22.4 Å². The second-order valence-electron chi connectivity index (χ2n) is 2.36. The van der Waals surface area contributed by atoms with E-state index in [0.717, 1.165) is 0 Å². The molecule has 1 aromatic rings. The first-order valence-corrected chi connectivity index (χ1v) is 3.70. The molecular formula is C7H4ClF4NO. The Kier molecular flexibility index (Phi) is 3.30. The summed E-state index contributed by atoms with van der Waals surface area (Å²) < 4.78 is 51.3. The van der Waals surface area contributed by atoms with Gasteiger partial charge in [0, 0.05) is 0 Å². The molecule has 0 heterocycles. The van der Waals surface area contributed by atoms with Crippen LogP contribution in [0.15, 0.2) is 0 Å². The Hall–Kier alpha value is -0.850. The summed E-state index contributed by atoms with van der Waals surface area (Å²) in [5.74, 6) is -2.04. The van der Waals surface area contributed by atoms with Crippen LogP contribution in [0.3, 0.4) is 0 Å². The van der Waals surface area contributed by atoms with Crippen LogP contribution in [-0.2, 0) is 11.4 Å². The fourth-order valence-electron chi connectivity index (χ4n) is 0.860. The van der Waals surface area contributed by atoms with Gasteiger partial charge in [-0.3, -0.25) is 4.84 Å². The molecule has 0 aromatic heterocycles. The summed E-state index contributed by atoms with van der Waals surface area (Å²) >= 11 is 4.96. The highest BCUT2D eigenvalue weighted by molar-refractivity contribution is 6.30. The third-order valence-electron chi connectivity index (χ3n) is 1.53. The molecule has 14 heavy (non-hydrogen) atoms. The lowest BCUT2D eigenvalue weighted by atomic mass is 10.2. The number of benzene rings is 1. The Balaban J connectivity index is 3.43. The van der Waals surface area contributed by atoms with Gasteiger partial charge in [-0.25, -0.2) is 23.5 Å². The van der Waals surface area contributed by atoms with Gasteiger partial charge in [0.2, 0.25) is 0 Å². The van der Waals surface area contributed by atoms with Crippen LogP contribution in [0.5, 0.6) is 0 Å². The molecule has 0 saturated carbocycles. The fourth-order valence-corrected chi connectivity index (χ4v) is 1.03. The standard InChI is InChI=1S/C7H4ClF4NO/c8-3-6(11)4(9)2(1-14-13)5(10)7(3)12/h1,13H2. The Bertz CT molecular complexity index is 342. The van der Waals surface area contributed by atoms with Crippen LogP contribution in [0.2, 0.25) is 5.02 Å². The molecular weight excluding hydrogens is 226 g/mol. The van der Waals surface area contributed by atoms with E-state index in [1.54, 1.807) is 0 Å². The minimum absolute atomic E-state index is 0.789. The van der Waals surface area contributed by atoms with Gasteiger partial charge < -0.3 is 0 Å². The molecule has 1 aromatic carbocycles. The Morgan fingerprint density at radius 2 is 1.43 bits per heavy atom. The Labute approximate surface area is 81.2 Å². The molecule has 2 N–H and O–H groups in total. The van der Waals surface area contributed by atoms with Crippen molar-refractivity contribution in [3.8, 4) is 0 Å². The molecule has 0 atom stereocenters. The zero-order valence-electron chi connectivity index (χ0n) is 6.58. The van der Waals surface area contributed by atoms with Crippen LogP contribution in [0.4, 0.5) is 17.6 Å². The summed E-state index contributed by atoms with van der Waals surface area (Å²) in [4.78, 5) is 3.88. The summed E-state index contributed by atoms with van der Waals surface area (Å²) in [7, 11) is 0. The number of rotatable bonds is 2. The van der Waals surface area contributed by atoms with Gasteiger partial charge in [-0.2, -0.15) is 0 Å². The SMILES string of the molecule is NOCc1c(F)c(F)c(Cl)c(F)c1F. The van der Waals surface area contributed by atoms with Gasteiger partial charge in [-0.1, -0.05) is 11.6 Å². The van der Waals surface area contributed by atoms with Crippen LogP contribution in [0.25, 0.3) is 0 Å². The lowest BCUT2D eigenvalue weighted by molar-refractivity contribution is 0.117. The molecule has 1 rings (SSSR count). The van der Waals surface area contributed by atoms with Gasteiger partial charge in [0.15, 0.2) is 23.3 Å². The molecule has 0 amide bonds. The number of hydrogen-bond donors (Lipinski definition) is 1. The van der Waals surface area contributed by atoms with Gasteiger partial charge in [0.25, 0.3) is 0 Å². The summed E-state index contributed by atoms with van der Waals surface area (Å²) in [5, 5.41) is -1.24. The fraction of sp³-hybridized carbons (Fsp3) is 0.143. The van der Waals surface area contributed by atoms with Crippen LogP contribution >= 0.6 is 11.6 Å². The molecule has 0 unspecified atom stereocenters. The molecule has 0 fully saturated rings. The second kappa shape index (κ2) is 4.12. The van der Waals surface area contributed by atoms with Crippen molar-refractivity contribution in [2.24, 2.45) is 5.90 Å². The summed E-state index contributed by atoms with van der Waals surface area (Å²) in [6, 6.07) is 0. The summed E-state index contributed by atoms with van der Waals surface area (Å²) in [6.45, 7) is -0.789. The first-order chi connectivity index (χ1) is 6.50. The van der Waals surface area contributed by atoms with Crippen molar-refractivity contribution in [1.82, 2.24) is 0 Å². The number of hydrogen-bond acceptors (Lipinski definition) is 2. The Morgan fingerprint density at radius 1 is 1.00 bits per heavy atom. The first kappa shape index (κ1) is 11.2. The van der Waals surface area contributed by atoms with Crippen LogP contribution in [0.1, 0.15) is 5.56 Å². The molecule has 0 radical (unpaired) electrons. The van der Waals surface area contributed by atoms with Gasteiger partial charge in [0.05, 0.1) is 12.2 Å². The highest BCUT2D eigenvalue weighted by Gasteiger charge is 2.23. The van der Waals surface area contributed by atoms with E-state index in [0.29, 0.717) is 0 Å². The largest absolute Gasteiger partial charge is 0.300 e. The molecule has 0 aliphatic heterocycles. The molecule has 0 aliphatic rings. The van der Waals surface area contributed by atoms with E-state index < -0.39 is 40.5 Å². The van der Waals surface area contributed by atoms with Crippen LogP contribution in [-0.4, -0.2) is 0 Å². The minimum atomic E-state index is -1.67. The molecule has 7 heteroatoms. The van der Waals surface area contributed by atoms with Gasteiger partial charge in [-0.15, -0.1) is 0 Å². The van der Waals surface area contributed by atoms with E-state index in [4.69, 9.17) is 11.6 Å². The van der Waals surface area contributed by atoms with Crippen LogP contribution in [0, 0.1) is 23.3 Å². The van der Waals surface area contributed by atoms with Gasteiger partial charge in [-0.05, 0) is 0 Å². The lowest BCUT2D eigenvalue weighted by Gasteiger charge is -2.06. The van der Waals surface area contributed by atoms with Gasteiger partial charge >= 0.3 is 0 Å². The van der Waals surface area contributed by atoms with E-state index in [1.807, 2.05) is 0 Å². The second-order valence-corrected chi connectivity index (χ2v) is 2.74. The van der Waals surface area contributed by atoms with E-state index in [9.17, 15) is 17.6 Å². The lowest BCUT2D eigenvalue weighted by Crippen LogP contribution is -2.08. The molecule has 0 aliphatic carbocycles. The monoisotopic (exact) mass is 229 g/mol. The van der Waals surface area contributed by atoms with Crippen molar-refractivity contribution in [3.05, 3.63) is 33.9 Å². The maximum Gasteiger partial charge on any atom is 0.180 e. The third-order valence-corrected chi connectivity index (χ3v) is 1.86. The maximum absolute atomic E-state index is 12.9. The summed E-state index contributed by atoms with van der Waals surface area (Å²) in [5.41, 5.74) is -0.938. The predicted octanol–water partition coefficient (Wildman–Crippen LogP) is 2.29. The van der Waals surface area contributed by atoms with Crippen molar-refractivity contribution in [3.63, 3.8) is 0 Å². The normalized spacial score (nSPS) is 10.7. The van der Waals surface area contributed by atoms with Crippen molar-refractivity contribution in [1.29, 1.82) is 0 Å². The number of halogens is 5. The van der Waals surface area contributed by atoms with E-state index in [-0.39, 0.29) is 0 Å².